The molecule has 1 rings (SSSR count). The molecule has 0 saturated carbocycles. The molecule has 1 N–H and O–H groups in total. The van der Waals surface area contributed by atoms with Gasteiger partial charge >= 0.3 is 0 Å². The summed E-state index contributed by atoms with van der Waals surface area (Å²) in [5.74, 6) is 0.751. The van der Waals surface area contributed by atoms with Crippen molar-refractivity contribution in [3.63, 3.8) is 0 Å². The van der Waals surface area contributed by atoms with E-state index in [-0.39, 0.29) is 12.2 Å². The first-order valence-corrected chi connectivity index (χ1v) is 7.66. The van der Waals surface area contributed by atoms with Crippen molar-refractivity contribution in [1.29, 1.82) is 0 Å². The molecule has 2 atom stereocenters. The summed E-state index contributed by atoms with van der Waals surface area (Å²) < 4.78 is 10.9. The molecule has 1 saturated heterocycles. The molecule has 0 aromatic rings. The Kier molecular flexibility index (Phi) is 8.62. The number of unbranched alkanes of at least 4 members (excludes halogenated alkanes) is 2. The van der Waals surface area contributed by atoms with Crippen molar-refractivity contribution in [3.05, 3.63) is 0 Å². The zero-order chi connectivity index (χ0) is 14.1. The fourth-order valence-corrected chi connectivity index (χ4v) is 2.61. The van der Waals surface area contributed by atoms with Crippen molar-refractivity contribution < 1.29 is 9.47 Å². The van der Waals surface area contributed by atoms with Crippen molar-refractivity contribution in [1.82, 2.24) is 10.2 Å². The standard InChI is InChI=1S/C15H32N2O2/c1-13(2)10-16-8-6-5-7-9-17-11-14(18-3)15(12-17)19-4/h13-16H,5-12H2,1-4H3. The highest BCUT2D eigenvalue weighted by Gasteiger charge is 2.32. The van der Waals surface area contributed by atoms with E-state index in [9.17, 15) is 0 Å². The third-order valence-corrected chi connectivity index (χ3v) is 3.78. The van der Waals surface area contributed by atoms with E-state index in [0.29, 0.717) is 0 Å². The average Bonchev–Trinajstić information content (AvgIpc) is 2.79. The number of ether oxygens (including phenoxy) is 2. The molecule has 0 amide bonds. The molecule has 0 spiro atoms. The fraction of sp³-hybridized carbons (Fsp3) is 1.00. The number of nitrogens with zero attached hydrogens (tertiary/aromatic N) is 1. The van der Waals surface area contributed by atoms with Gasteiger partial charge in [-0.15, -0.1) is 0 Å². The van der Waals surface area contributed by atoms with Crippen molar-refractivity contribution in [3.8, 4) is 0 Å². The molecule has 114 valence electrons. The number of methoxy groups -OCH3 is 2. The Bertz CT molecular complexity index is 212. The van der Waals surface area contributed by atoms with Gasteiger partial charge in [0.15, 0.2) is 0 Å². The van der Waals surface area contributed by atoms with E-state index in [1.807, 2.05) is 0 Å². The van der Waals surface area contributed by atoms with Crippen molar-refractivity contribution >= 4 is 0 Å². The molecule has 1 fully saturated rings. The van der Waals surface area contributed by atoms with E-state index in [2.05, 4.69) is 24.1 Å². The van der Waals surface area contributed by atoms with Crippen LogP contribution in [0.3, 0.4) is 0 Å². The van der Waals surface area contributed by atoms with Crippen LogP contribution in [0, 0.1) is 5.92 Å². The Morgan fingerprint density at radius 2 is 1.68 bits per heavy atom. The van der Waals surface area contributed by atoms with Gasteiger partial charge in [0.25, 0.3) is 0 Å². The van der Waals surface area contributed by atoms with E-state index in [4.69, 9.17) is 9.47 Å². The van der Waals surface area contributed by atoms with Gasteiger partial charge in [-0.05, 0) is 38.4 Å². The quantitative estimate of drug-likeness (QED) is 0.614. The highest BCUT2D eigenvalue weighted by Crippen LogP contribution is 2.16. The van der Waals surface area contributed by atoms with Gasteiger partial charge in [-0.2, -0.15) is 0 Å². The van der Waals surface area contributed by atoms with Gasteiger partial charge in [0, 0.05) is 27.3 Å². The molecule has 0 aromatic heterocycles. The Labute approximate surface area is 118 Å². The minimum atomic E-state index is 0.248. The number of hydrogen-bond donors (Lipinski definition) is 1. The summed E-state index contributed by atoms with van der Waals surface area (Å²) in [7, 11) is 3.56. The molecule has 1 heterocycles. The van der Waals surface area contributed by atoms with Gasteiger partial charge in [0.1, 0.15) is 0 Å². The van der Waals surface area contributed by atoms with E-state index < -0.39 is 0 Å². The average molecular weight is 272 g/mol. The summed E-state index contributed by atoms with van der Waals surface area (Å²) in [4.78, 5) is 2.46. The lowest BCUT2D eigenvalue weighted by atomic mass is 10.2. The molecule has 0 bridgehead atoms. The minimum absolute atomic E-state index is 0.248. The van der Waals surface area contributed by atoms with E-state index in [1.54, 1.807) is 14.2 Å². The van der Waals surface area contributed by atoms with Crippen LogP contribution >= 0.6 is 0 Å². The Morgan fingerprint density at radius 1 is 1.05 bits per heavy atom. The molecule has 0 aromatic carbocycles. The summed E-state index contributed by atoms with van der Waals surface area (Å²) in [5.41, 5.74) is 0. The van der Waals surface area contributed by atoms with Crippen LogP contribution in [0.25, 0.3) is 0 Å². The molecule has 1 aliphatic rings. The Hall–Kier alpha value is -0.160. The van der Waals surface area contributed by atoms with Gasteiger partial charge < -0.3 is 14.8 Å². The summed E-state index contributed by atoms with van der Waals surface area (Å²) in [6, 6.07) is 0. The molecule has 1 aliphatic heterocycles. The molecular weight excluding hydrogens is 240 g/mol. The third kappa shape index (κ3) is 6.70. The highest BCUT2D eigenvalue weighted by atomic mass is 16.5. The van der Waals surface area contributed by atoms with E-state index in [0.717, 1.165) is 32.1 Å². The second-order valence-electron chi connectivity index (χ2n) is 5.97. The molecular formula is C15H32N2O2. The zero-order valence-electron chi connectivity index (χ0n) is 13.2. The monoisotopic (exact) mass is 272 g/mol. The first-order valence-electron chi connectivity index (χ1n) is 7.66. The summed E-state index contributed by atoms with van der Waals surface area (Å²) in [6.45, 7) is 9.99. The first-order chi connectivity index (χ1) is 9.17. The van der Waals surface area contributed by atoms with Gasteiger partial charge in [0.2, 0.25) is 0 Å². The van der Waals surface area contributed by atoms with Gasteiger partial charge in [-0.25, -0.2) is 0 Å². The summed E-state index contributed by atoms with van der Waals surface area (Å²) in [6.07, 6.45) is 4.35. The second kappa shape index (κ2) is 9.70. The van der Waals surface area contributed by atoms with Crippen LogP contribution in [-0.4, -0.2) is 64.1 Å². The molecule has 4 nitrogen and oxygen atoms in total. The van der Waals surface area contributed by atoms with Crippen LogP contribution in [0.15, 0.2) is 0 Å². The number of likely N-dealkylation sites (tertiary alicyclic amines) is 1. The smallest absolute Gasteiger partial charge is 0.0971 e. The minimum Gasteiger partial charge on any atom is -0.377 e. The van der Waals surface area contributed by atoms with E-state index >= 15 is 0 Å². The maximum absolute atomic E-state index is 5.45. The molecule has 2 unspecified atom stereocenters. The topological polar surface area (TPSA) is 33.7 Å². The molecule has 19 heavy (non-hydrogen) atoms. The predicted molar refractivity (Wildman–Crippen MR) is 79.6 cm³/mol. The third-order valence-electron chi connectivity index (χ3n) is 3.78. The molecule has 0 aliphatic carbocycles. The van der Waals surface area contributed by atoms with E-state index in [1.165, 1.54) is 25.8 Å². The summed E-state index contributed by atoms with van der Waals surface area (Å²) >= 11 is 0. The largest absolute Gasteiger partial charge is 0.377 e. The maximum Gasteiger partial charge on any atom is 0.0971 e. The lowest BCUT2D eigenvalue weighted by Crippen LogP contribution is -2.27. The van der Waals surface area contributed by atoms with Crippen LogP contribution in [0.2, 0.25) is 0 Å². The SMILES string of the molecule is COC1CN(CCCCCNCC(C)C)CC1OC. The second-order valence-corrected chi connectivity index (χ2v) is 5.97. The zero-order valence-corrected chi connectivity index (χ0v) is 13.2. The normalized spacial score (nSPS) is 24.5. The van der Waals surface area contributed by atoms with Crippen molar-refractivity contribution in [2.45, 2.75) is 45.3 Å². The summed E-state index contributed by atoms with van der Waals surface area (Å²) in [5, 5.41) is 3.49. The van der Waals surface area contributed by atoms with Gasteiger partial charge in [-0.1, -0.05) is 20.3 Å². The lowest BCUT2D eigenvalue weighted by molar-refractivity contribution is -0.00461. The van der Waals surface area contributed by atoms with Crippen LogP contribution in [0.4, 0.5) is 0 Å². The fourth-order valence-electron chi connectivity index (χ4n) is 2.61. The maximum atomic E-state index is 5.45. The molecule has 4 heteroatoms. The Morgan fingerprint density at radius 3 is 2.21 bits per heavy atom. The number of rotatable bonds is 10. The van der Waals surface area contributed by atoms with Crippen molar-refractivity contribution in [2.75, 3.05) is 46.9 Å². The lowest BCUT2D eigenvalue weighted by Gasteiger charge is -2.14. The van der Waals surface area contributed by atoms with Gasteiger partial charge in [0.05, 0.1) is 12.2 Å². The van der Waals surface area contributed by atoms with Crippen LogP contribution < -0.4 is 5.32 Å². The Balaban J connectivity index is 1.98. The predicted octanol–water partition coefficient (Wildman–Crippen LogP) is 1.75. The van der Waals surface area contributed by atoms with Crippen LogP contribution in [-0.2, 0) is 9.47 Å². The van der Waals surface area contributed by atoms with Crippen molar-refractivity contribution in [2.24, 2.45) is 5.92 Å². The highest BCUT2D eigenvalue weighted by molar-refractivity contribution is 4.85. The van der Waals surface area contributed by atoms with Crippen LogP contribution in [0.1, 0.15) is 33.1 Å². The van der Waals surface area contributed by atoms with Gasteiger partial charge in [-0.3, -0.25) is 4.90 Å². The number of nitrogens with one attached hydrogen (secondary N) is 1. The number of hydrogen-bond acceptors (Lipinski definition) is 4. The first kappa shape index (κ1) is 16.9. The molecule has 0 radical (unpaired) electrons. The van der Waals surface area contributed by atoms with Crippen LogP contribution in [0.5, 0.6) is 0 Å².